The Morgan fingerprint density at radius 2 is 1.69 bits per heavy atom. The van der Waals surface area contributed by atoms with Crippen LogP contribution in [0.2, 0.25) is 0 Å². The second-order valence-electron chi connectivity index (χ2n) is 8.50. The molecule has 1 aromatic heterocycles. The molecular formula is C28H20F3N3O4S. The van der Waals surface area contributed by atoms with Crippen LogP contribution in [0.15, 0.2) is 77.8 Å². The Morgan fingerprint density at radius 3 is 2.49 bits per heavy atom. The molecule has 3 amide bonds. The van der Waals surface area contributed by atoms with E-state index in [0.29, 0.717) is 41.4 Å². The predicted octanol–water partition coefficient (Wildman–Crippen LogP) is 5.81. The number of para-hydroxylation sites is 2. The van der Waals surface area contributed by atoms with Crippen LogP contribution in [0.3, 0.4) is 0 Å². The molecule has 1 aliphatic rings. The maximum atomic E-state index is 13.9. The van der Waals surface area contributed by atoms with Crippen molar-refractivity contribution in [3.05, 3.63) is 101 Å². The molecule has 1 N–H and O–H groups in total. The number of carbonyl (C=O) groups is 3. The molecule has 198 valence electrons. The van der Waals surface area contributed by atoms with Gasteiger partial charge in [-0.25, -0.2) is 13.2 Å². The molecule has 0 atom stereocenters. The summed E-state index contributed by atoms with van der Waals surface area (Å²) in [4.78, 5) is 38.7. The Labute approximate surface area is 224 Å². The molecule has 1 aliphatic heterocycles. The van der Waals surface area contributed by atoms with Gasteiger partial charge in [-0.05, 0) is 48.2 Å². The molecule has 7 nitrogen and oxygen atoms in total. The average Bonchev–Trinajstić information content (AvgIpc) is 3.41. The van der Waals surface area contributed by atoms with E-state index in [0.717, 1.165) is 22.7 Å². The van der Waals surface area contributed by atoms with Gasteiger partial charge in [0.15, 0.2) is 17.5 Å². The highest BCUT2D eigenvalue weighted by Gasteiger charge is 2.36. The molecule has 2 heterocycles. The van der Waals surface area contributed by atoms with Crippen LogP contribution >= 0.6 is 11.8 Å². The zero-order chi connectivity index (χ0) is 27.5. The second kappa shape index (κ2) is 11.1. The lowest BCUT2D eigenvalue weighted by atomic mass is 10.1. The highest BCUT2D eigenvalue weighted by molar-refractivity contribution is 8.18. The molecule has 0 bridgehead atoms. The average molecular weight is 552 g/mol. The van der Waals surface area contributed by atoms with Gasteiger partial charge in [0.25, 0.3) is 11.1 Å². The van der Waals surface area contributed by atoms with E-state index in [1.165, 1.54) is 0 Å². The van der Waals surface area contributed by atoms with Crippen LogP contribution in [0.4, 0.5) is 23.7 Å². The molecule has 4 aromatic rings. The maximum Gasteiger partial charge on any atom is 0.294 e. The fourth-order valence-corrected chi connectivity index (χ4v) is 4.92. The summed E-state index contributed by atoms with van der Waals surface area (Å²) in [6, 6.07) is 18.5. The van der Waals surface area contributed by atoms with Crippen LogP contribution in [-0.2, 0) is 16.1 Å². The zero-order valence-corrected chi connectivity index (χ0v) is 21.0. The first-order valence-corrected chi connectivity index (χ1v) is 12.6. The van der Waals surface area contributed by atoms with Crippen molar-refractivity contribution in [2.24, 2.45) is 0 Å². The van der Waals surface area contributed by atoms with Crippen molar-refractivity contribution >= 4 is 51.5 Å². The van der Waals surface area contributed by atoms with Crippen molar-refractivity contribution in [1.29, 1.82) is 0 Å². The van der Waals surface area contributed by atoms with Crippen LogP contribution in [0.1, 0.15) is 5.56 Å². The first-order chi connectivity index (χ1) is 18.8. The molecule has 11 heteroatoms. The lowest BCUT2D eigenvalue weighted by molar-refractivity contribution is -0.127. The van der Waals surface area contributed by atoms with Crippen LogP contribution in [0.25, 0.3) is 17.0 Å². The number of hydrogen-bond donors (Lipinski definition) is 1. The summed E-state index contributed by atoms with van der Waals surface area (Å²) in [5.74, 6) is -5.63. The van der Waals surface area contributed by atoms with Gasteiger partial charge >= 0.3 is 0 Å². The fourth-order valence-electron chi connectivity index (χ4n) is 4.09. The van der Waals surface area contributed by atoms with Crippen molar-refractivity contribution in [1.82, 2.24) is 9.47 Å². The third kappa shape index (κ3) is 5.53. The van der Waals surface area contributed by atoms with Gasteiger partial charge < -0.3 is 14.6 Å². The van der Waals surface area contributed by atoms with E-state index in [4.69, 9.17) is 4.74 Å². The number of fused-ring (bicyclic) bond motifs is 1. The number of aromatic nitrogens is 1. The number of benzene rings is 3. The molecule has 0 radical (unpaired) electrons. The van der Waals surface area contributed by atoms with Crippen molar-refractivity contribution < 1.29 is 32.3 Å². The van der Waals surface area contributed by atoms with Gasteiger partial charge in [-0.1, -0.05) is 36.4 Å². The number of ether oxygens (including phenoxy) is 1. The van der Waals surface area contributed by atoms with E-state index in [2.05, 4.69) is 5.32 Å². The Hall–Kier alpha value is -4.51. The minimum atomic E-state index is -1.74. The summed E-state index contributed by atoms with van der Waals surface area (Å²) >= 11 is 0.666. The Kier molecular flexibility index (Phi) is 7.42. The fraction of sp³-hybridized carbons (Fsp3) is 0.107. The van der Waals surface area contributed by atoms with E-state index in [-0.39, 0.29) is 4.91 Å². The van der Waals surface area contributed by atoms with Gasteiger partial charge in [-0.3, -0.25) is 19.3 Å². The first kappa shape index (κ1) is 26.1. The number of halogens is 3. The van der Waals surface area contributed by atoms with E-state index in [9.17, 15) is 27.6 Å². The van der Waals surface area contributed by atoms with Gasteiger partial charge in [-0.15, -0.1) is 0 Å². The topological polar surface area (TPSA) is 80.6 Å². The van der Waals surface area contributed by atoms with Crippen LogP contribution < -0.4 is 10.1 Å². The van der Waals surface area contributed by atoms with Crippen molar-refractivity contribution in [3.8, 4) is 5.75 Å². The monoisotopic (exact) mass is 551 g/mol. The van der Waals surface area contributed by atoms with Gasteiger partial charge in [0, 0.05) is 22.7 Å². The van der Waals surface area contributed by atoms with Gasteiger partial charge in [0.1, 0.15) is 18.9 Å². The predicted molar refractivity (Wildman–Crippen MR) is 141 cm³/mol. The molecular weight excluding hydrogens is 531 g/mol. The molecule has 1 fully saturated rings. The van der Waals surface area contributed by atoms with Crippen LogP contribution in [0, 0.1) is 17.5 Å². The smallest absolute Gasteiger partial charge is 0.294 e. The SMILES string of the molecule is O=C(CN1C(=O)S/C(=C\c2cn(CCOc3ccccc3)c3ccccc23)C1=O)Nc1ccc(F)c(F)c1F. The van der Waals surface area contributed by atoms with Crippen molar-refractivity contribution in [3.63, 3.8) is 0 Å². The normalized spacial score (nSPS) is 14.4. The zero-order valence-electron chi connectivity index (χ0n) is 20.2. The van der Waals surface area contributed by atoms with E-state index in [1.807, 2.05) is 65.4 Å². The third-order valence-electron chi connectivity index (χ3n) is 5.93. The maximum absolute atomic E-state index is 13.9. The summed E-state index contributed by atoms with van der Waals surface area (Å²) < 4.78 is 48.3. The van der Waals surface area contributed by atoms with E-state index < -0.39 is 46.7 Å². The lowest BCUT2D eigenvalue weighted by Crippen LogP contribution is -2.36. The lowest BCUT2D eigenvalue weighted by Gasteiger charge is -2.13. The third-order valence-corrected chi connectivity index (χ3v) is 6.84. The molecule has 0 spiro atoms. The number of nitrogens with zero attached hydrogens (tertiary/aromatic N) is 2. The Morgan fingerprint density at radius 1 is 0.949 bits per heavy atom. The number of imide groups is 1. The summed E-state index contributed by atoms with van der Waals surface area (Å²) in [5, 5.41) is 2.23. The van der Waals surface area contributed by atoms with Gasteiger partial charge in [0.05, 0.1) is 17.1 Å². The molecule has 0 unspecified atom stereocenters. The number of anilines is 1. The van der Waals surface area contributed by atoms with E-state index >= 15 is 0 Å². The second-order valence-corrected chi connectivity index (χ2v) is 9.49. The minimum Gasteiger partial charge on any atom is -0.492 e. The highest BCUT2D eigenvalue weighted by Crippen LogP contribution is 2.34. The quantitative estimate of drug-likeness (QED) is 0.221. The number of amides is 3. The molecule has 0 saturated carbocycles. The van der Waals surface area contributed by atoms with Gasteiger partial charge in [-0.2, -0.15) is 0 Å². The van der Waals surface area contributed by atoms with Crippen molar-refractivity contribution in [2.45, 2.75) is 6.54 Å². The molecule has 1 saturated heterocycles. The van der Waals surface area contributed by atoms with E-state index in [1.54, 1.807) is 6.08 Å². The molecule has 5 rings (SSSR count). The number of thioether (sulfide) groups is 1. The largest absolute Gasteiger partial charge is 0.492 e. The Bertz CT molecular complexity index is 1620. The molecule has 3 aromatic carbocycles. The summed E-state index contributed by atoms with van der Waals surface area (Å²) in [7, 11) is 0. The summed E-state index contributed by atoms with van der Waals surface area (Å²) in [6.07, 6.45) is 3.43. The van der Waals surface area contributed by atoms with Crippen molar-refractivity contribution in [2.75, 3.05) is 18.5 Å². The molecule has 39 heavy (non-hydrogen) atoms. The summed E-state index contributed by atoms with van der Waals surface area (Å²) in [5.41, 5.74) is 1.00. The molecule has 0 aliphatic carbocycles. The Balaban J connectivity index is 1.31. The number of nitrogens with one attached hydrogen (secondary N) is 1. The van der Waals surface area contributed by atoms with Crippen LogP contribution in [-0.4, -0.2) is 39.7 Å². The van der Waals surface area contributed by atoms with Gasteiger partial charge in [0.2, 0.25) is 5.91 Å². The first-order valence-electron chi connectivity index (χ1n) is 11.8. The van der Waals surface area contributed by atoms with Crippen LogP contribution in [0.5, 0.6) is 5.75 Å². The standard InChI is InChI=1S/C28H20F3N3O4S/c29-20-10-11-21(26(31)25(20)30)32-24(35)16-34-27(36)23(39-28(34)37)14-17-15-33(22-9-5-4-8-19(17)22)12-13-38-18-6-2-1-3-7-18/h1-11,14-15H,12-13,16H2,(H,32,35)/b23-14-. The number of carbonyl (C=O) groups excluding carboxylic acids is 3. The summed E-state index contributed by atoms with van der Waals surface area (Å²) in [6.45, 7) is 0.219. The number of hydrogen-bond acceptors (Lipinski definition) is 5. The highest BCUT2D eigenvalue weighted by atomic mass is 32.2. The number of rotatable bonds is 8. The minimum absolute atomic E-state index is 0.107.